The molecule has 0 saturated carbocycles. The highest BCUT2D eigenvalue weighted by Crippen LogP contribution is 2.32. The van der Waals surface area contributed by atoms with E-state index in [1.165, 1.54) is 12.1 Å². The van der Waals surface area contributed by atoms with Crippen LogP contribution in [0.1, 0.15) is 28.8 Å². The van der Waals surface area contributed by atoms with Gasteiger partial charge in [0.25, 0.3) is 5.91 Å². The molecule has 3 aromatic heterocycles. The number of carbonyl (C=O) groups is 1. The van der Waals surface area contributed by atoms with Crippen LogP contribution in [0.25, 0.3) is 22.0 Å². The predicted octanol–water partition coefficient (Wildman–Crippen LogP) is 5.68. The topological polar surface area (TPSA) is 95.9 Å². The van der Waals surface area contributed by atoms with Gasteiger partial charge in [-0.05, 0) is 79.7 Å². The molecule has 0 bridgehead atoms. The van der Waals surface area contributed by atoms with Gasteiger partial charge in [0.2, 0.25) is 5.95 Å². The van der Waals surface area contributed by atoms with Gasteiger partial charge in [-0.15, -0.1) is 0 Å². The monoisotopic (exact) mass is 533 g/mol. The number of pyridine rings is 2. The van der Waals surface area contributed by atoms with Crippen LogP contribution in [0.3, 0.4) is 0 Å². The minimum absolute atomic E-state index is 0.0186. The van der Waals surface area contributed by atoms with Gasteiger partial charge >= 0.3 is 0 Å². The molecule has 6 rings (SSSR count). The zero-order valence-electron chi connectivity index (χ0n) is 22.0. The van der Waals surface area contributed by atoms with E-state index in [1.807, 2.05) is 43.3 Å². The fraction of sp³-hybridized carbons (Fsp3) is 0.194. The van der Waals surface area contributed by atoms with Crippen LogP contribution in [0, 0.1) is 12.7 Å². The predicted molar refractivity (Wildman–Crippen MR) is 154 cm³/mol. The number of piperidine rings is 1. The number of carbonyl (C=O) groups excluding carboxylic acids is 1. The zero-order chi connectivity index (χ0) is 27.5. The van der Waals surface area contributed by atoms with Crippen LogP contribution in [-0.4, -0.2) is 45.0 Å². The summed E-state index contributed by atoms with van der Waals surface area (Å²) in [5.74, 6) is -0.182. The van der Waals surface area contributed by atoms with Crippen LogP contribution in [0.4, 0.5) is 21.8 Å². The number of anilines is 3. The molecule has 0 radical (unpaired) electrons. The number of amides is 1. The minimum atomic E-state index is -0.633. The lowest BCUT2D eigenvalue weighted by molar-refractivity contribution is 0.0968. The van der Waals surface area contributed by atoms with Gasteiger partial charge in [0.05, 0.1) is 17.3 Å². The number of aromatic nitrogens is 4. The molecule has 1 atom stereocenters. The van der Waals surface area contributed by atoms with Crippen molar-refractivity contribution in [2.24, 2.45) is 0 Å². The lowest BCUT2D eigenvalue weighted by Gasteiger charge is -2.35. The number of nitrogens with one attached hydrogen (secondary N) is 2. The fourth-order valence-electron chi connectivity index (χ4n) is 5.19. The van der Waals surface area contributed by atoms with Crippen molar-refractivity contribution in [3.63, 3.8) is 0 Å². The second kappa shape index (κ2) is 11.2. The Balaban J connectivity index is 1.32. The zero-order valence-corrected chi connectivity index (χ0v) is 22.0. The van der Waals surface area contributed by atoms with Gasteiger partial charge in [0, 0.05) is 48.0 Å². The summed E-state index contributed by atoms with van der Waals surface area (Å²) in [4.78, 5) is 33.2. The van der Waals surface area contributed by atoms with Crippen molar-refractivity contribution in [3.05, 3.63) is 102 Å². The van der Waals surface area contributed by atoms with Crippen molar-refractivity contribution in [1.82, 2.24) is 25.3 Å². The first-order valence-corrected chi connectivity index (χ1v) is 13.3. The van der Waals surface area contributed by atoms with Crippen molar-refractivity contribution in [3.8, 4) is 11.3 Å². The van der Waals surface area contributed by atoms with Gasteiger partial charge in [-0.2, -0.15) is 0 Å². The number of aryl methyl sites for hydroxylation is 1. The van der Waals surface area contributed by atoms with Crippen molar-refractivity contribution >= 4 is 34.1 Å². The summed E-state index contributed by atoms with van der Waals surface area (Å²) in [7, 11) is 0. The average molecular weight is 534 g/mol. The van der Waals surface area contributed by atoms with E-state index in [0.717, 1.165) is 41.3 Å². The third-order valence-corrected chi connectivity index (χ3v) is 7.15. The molecule has 2 N–H and O–H groups in total. The molecule has 1 aliphatic heterocycles. The number of nitrogens with zero attached hydrogens (tertiary/aromatic N) is 5. The van der Waals surface area contributed by atoms with Gasteiger partial charge in [-0.25, -0.2) is 19.3 Å². The number of benzene rings is 2. The summed E-state index contributed by atoms with van der Waals surface area (Å²) in [6.45, 7) is 3.50. The summed E-state index contributed by atoms with van der Waals surface area (Å²) in [5, 5.41) is 8.31. The summed E-state index contributed by atoms with van der Waals surface area (Å²) >= 11 is 0. The Morgan fingerprint density at radius 1 is 1.02 bits per heavy atom. The Bertz CT molecular complexity index is 1670. The van der Waals surface area contributed by atoms with Gasteiger partial charge < -0.3 is 10.6 Å². The van der Waals surface area contributed by atoms with E-state index in [2.05, 4.69) is 30.6 Å². The molecule has 4 heterocycles. The summed E-state index contributed by atoms with van der Waals surface area (Å²) < 4.78 is 15.6. The normalized spacial score (nSPS) is 15.1. The maximum atomic E-state index is 15.6. The highest BCUT2D eigenvalue weighted by atomic mass is 19.1. The lowest BCUT2D eigenvalue weighted by atomic mass is 10.0. The van der Waals surface area contributed by atoms with Crippen molar-refractivity contribution < 1.29 is 9.18 Å². The summed E-state index contributed by atoms with van der Waals surface area (Å²) in [5.41, 5.74) is 3.03. The molecule has 0 aliphatic carbocycles. The molecule has 40 heavy (non-hydrogen) atoms. The standard InChI is InChI=1S/C31H28FN7O/c1-20-4-2-5-22-11-16-35-29(28(20)22)39(24-6-3-13-34-19-24)30(40)25-8-7-23(18-26(25)32)37-31-36-17-12-27(38-31)21-9-14-33-15-10-21/h2,4-5,7-12,14-18,24,34H,3,6,13,19H2,1H3,(H,36,37,38)/t24-/m1/s1. The molecule has 1 saturated heterocycles. The number of halogens is 1. The molecule has 200 valence electrons. The third kappa shape index (κ3) is 5.11. The van der Waals surface area contributed by atoms with Crippen LogP contribution in [-0.2, 0) is 0 Å². The van der Waals surface area contributed by atoms with Crippen LogP contribution in [0.5, 0.6) is 0 Å². The molecule has 1 amide bonds. The van der Waals surface area contributed by atoms with Crippen LogP contribution < -0.4 is 15.5 Å². The van der Waals surface area contributed by atoms with E-state index < -0.39 is 11.7 Å². The first-order valence-electron chi connectivity index (χ1n) is 13.3. The quantitative estimate of drug-likeness (QED) is 0.290. The highest BCUT2D eigenvalue weighted by molar-refractivity contribution is 6.11. The van der Waals surface area contributed by atoms with Gasteiger partial charge in [0.1, 0.15) is 11.6 Å². The molecule has 0 unspecified atom stereocenters. The van der Waals surface area contributed by atoms with E-state index in [1.54, 1.807) is 41.8 Å². The Morgan fingerprint density at radius 2 is 1.88 bits per heavy atom. The molecular formula is C31H28FN7O. The molecule has 5 aromatic rings. The maximum Gasteiger partial charge on any atom is 0.262 e. The molecule has 8 nitrogen and oxygen atoms in total. The second-order valence-corrected chi connectivity index (χ2v) is 9.80. The van der Waals surface area contributed by atoms with Gasteiger partial charge in [-0.3, -0.25) is 14.7 Å². The lowest BCUT2D eigenvalue weighted by Crippen LogP contribution is -2.49. The van der Waals surface area contributed by atoms with Crippen LogP contribution in [0.15, 0.2) is 85.5 Å². The van der Waals surface area contributed by atoms with Crippen LogP contribution in [0.2, 0.25) is 0 Å². The Kier molecular flexibility index (Phi) is 7.11. The van der Waals surface area contributed by atoms with E-state index in [0.29, 0.717) is 29.7 Å². The minimum Gasteiger partial charge on any atom is -0.324 e. The summed E-state index contributed by atoms with van der Waals surface area (Å²) in [6, 6.07) is 17.7. The molecule has 9 heteroatoms. The highest BCUT2D eigenvalue weighted by Gasteiger charge is 2.31. The second-order valence-electron chi connectivity index (χ2n) is 9.80. The van der Waals surface area contributed by atoms with E-state index in [9.17, 15) is 4.79 Å². The Morgan fingerprint density at radius 3 is 2.67 bits per heavy atom. The van der Waals surface area contributed by atoms with E-state index in [-0.39, 0.29) is 11.6 Å². The number of rotatable bonds is 6. The van der Waals surface area contributed by atoms with Crippen molar-refractivity contribution in [2.75, 3.05) is 23.3 Å². The molecule has 2 aromatic carbocycles. The largest absolute Gasteiger partial charge is 0.324 e. The number of hydrogen-bond donors (Lipinski definition) is 2. The Hall–Kier alpha value is -4.76. The van der Waals surface area contributed by atoms with Gasteiger partial charge in [0.15, 0.2) is 0 Å². The first kappa shape index (κ1) is 25.5. The van der Waals surface area contributed by atoms with Crippen molar-refractivity contribution in [1.29, 1.82) is 0 Å². The third-order valence-electron chi connectivity index (χ3n) is 7.15. The molecule has 0 spiro atoms. The Labute approximate surface area is 231 Å². The van der Waals surface area contributed by atoms with E-state index in [4.69, 9.17) is 0 Å². The van der Waals surface area contributed by atoms with Crippen molar-refractivity contribution in [2.45, 2.75) is 25.8 Å². The maximum absolute atomic E-state index is 15.6. The first-order chi connectivity index (χ1) is 19.6. The number of fused-ring (bicyclic) bond motifs is 1. The van der Waals surface area contributed by atoms with Gasteiger partial charge in [-0.1, -0.05) is 18.2 Å². The average Bonchev–Trinajstić information content (AvgIpc) is 2.99. The SMILES string of the molecule is Cc1cccc2ccnc(N(C(=O)c3ccc(Nc4nccc(-c5ccncc5)n4)cc3F)[C@@H]3CCCNC3)c12. The molecule has 1 aliphatic rings. The van der Waals surface area contributed by atoms with Crippen LogP contribution >= 0.6 is 0 Å². The molecule has 1 fully saturated rings. The fourth-order valence-corrected chi connectivity index (χ4v) is 5.19. The number of hydrogen-bond acceptors (Lipinski definition) is 7. The smallest absolute Gasteiger partial charge is 0.262 e. The van der Waals surface area contributed by atoms with E-state index >= 15 is 4.39 Å². The summed E-state index contributed by atoms with van der Waals surface area (Å²) in [6.07, 6.45) is 8.44. The molecular weight excluding hydrogens is 505 g/mol.